The molecular formula is C21H23N5O. The highest BCUT2D eigenvalue weighted by Crippen LogP contribution is 2.19. The molecule has 0 saturated carbocycles. The molecule has 0 atom stereocenters. The summed E-state index contributed by atoms with van der Waals surface area (Å²) in [6.45, 7) is 2.49. The van der Waals surface area contributed by atoms with Crippen LogP contribution >= 0.6 is 0 Å². The summed E-state index contributed by atoms with van der Waals surface area (Å²) in [4.78, 5) is 25.1. The zero-order valence-corrected chi connectivity index (χ0v) is 15.8. The smallest absolute Gasteiger partial charge is 0.278 e. The Bertz CT molecular complexity index is 877. The highest BCUT2D eigenvalue weighted by Gasteiger charge is 2.17. The van der Waals surface area contributed by atoms with Gasteiger partial charge in [0.25, 0.3) is 5.91 Å². The molecule has 0 aliphatic rings. The number of rotatable bonds is 6. The second-order valence-electron chi connectivity index (χ2n) is 6.24. The third kappa shape index (κ3) is 4.41. The van der Waals surface area contributed by atoms with Gasteiger partial charge in [-0.2, -0.15) is 0 Å². The number of amides is 1. The van der Waals surface area contributed by atoms with E-state index in [1.165, 1.54) is 6.20 Å². The van der Waals surface area contributed by atoms with Crippen LogP contribution < -0.4 is 15.1 Å². The summed E-state index contributed by atoms with van der Waals surface area (Å²) >= 11 is 0. The van der Waals surface area contributed by atoms with Crippen molar-refractivity contribution in [3.63, 3.8) is 0 Å². The van der Waals surface area contributed by atoms with Crippen molar-refractivity contribution in [3.05, 3.63) is 72.7 Å². The molecule has 0 aliphatic carbocycles. The number of aromatic nitrogens is 2. The number of nitrogens with one attached hydrogen (secondary N) is 1. The lowest BCUT2D eigenvalue weighted by atomic mass is 10.2. The number of carbonyl (C=O) groups is 1. The molecule has 27 heavy (non-hydrogen) atoms. The fraction of sp³-hybridized carbons (Fsp3) is 0.190. The van der Waals surface area contributed by atoms with Gasteiger partial charge in [0.1, 0.15) is 11.5 Å². The predicted molar refractivity (Wildman–Crippen MR) is 110 cm³/mol. The number of carbonyl (C=O) groups excluding carboxylic acids is 1. The van der Waals surface area contributed by atoms with Gasteiger partial charge in [-0.15, -0.1) is 0 Å². The number of anilines is 4. The molecule has 1 N–H and O–H groups in total. The molecule has 3 aromatic rings. The van der Waals surface area contributed by atoms with Crippen molar-refractivity contribution in [2.75, 3.05) is 35.8 Å². The van der Waals surface area contributed by atoms with Crippen LogP contribution in [0.25, 0.3) is 0 Å². The highest BCUT2D eigenvalue weighted by molar-refractivity contribution is 6.04. The van der Waals surface area contributed by atoms with Gasteiger partial charge in [0.15, 0.2) is 0 Å². The highest BCUT2D eigenvalue weighted by atomic mass is 16.2. The average Bonchev–Trinajstić information content (AvgIpc) is 2.70. The minimum absolute atomic E-state index is 0.168. The Morgan fingerprint density at radius 3 is 2.19 bits per heavy atom. The van der Waals surface area contributed by atoms with Gasteiger partial charge in [-0.25, -0.2) is 9.97 Å². The van der Waals surface area contributed by atoms with Crippen LogP contribution in [-0.2, 0) is 0 Å². The van der Waals surface area contributed by atoms with E-state index in [0.29, 0.717) is 18.1 Å². The van der Waals surface area contributed by atoms with Crippen molar-refractivity contribution < 1.29 is 4.79 Å². The minimum Gasteiger partial charge on any atom is -0.378 e. The predicted octanol–water partition coefficient (Wildman–Crippen LogP) is 3.95. The third-order valence-corrected chi connectivity index (χ3v) is 4.16. The molecule has 138 valence electrons. The molecule has 0 bridgehead atoms. The number of para-hydroxylation sites is 1. The zero-order chi connectivity index (χ0) is 19.2. The lowest BCUT2D eigenvalue weighted by molar-refractivity contribution is 0.0983. The first-order chi connectivity index (χ1) is 13.1. The van der Waals surface area contributed by atoms with Gasteiger partial charge in [0.2, 0.25) is 0 Å². The molecular weight excluding hydrogens is 338 g/mol. The second-order valence-corrected chi connectivity index (χ2v) is 6.24. The van der Waals surface area contributed by atoms with Crippen LogP contribution in [0.3, 0.4) is 0 Å². The average molecular weight is 361 g/mol. The summed E-state index contributed by atoms with van der Waals surface area (Å²) < 4.78 is 0. The second kappa shape index (κ2) is 8.31. The van der Waals surface area contributed by atoms with Gasteiger partial charge in [-0.05, 0) is 43.3 Å². The molecule has 0 aliphatic heterocycles. The Morgan fingerprint density at radius 1 is 0.926 bits per heavy atom. The zero-order valence-electron chi connectivity index (χ0n) is 15.8. The minimum atomic E-state index is -0.168. The monoisotopic (exact) mass is 361 g/mol. The quantitative estimate of drug-likeness (QED) is 0.720. The first-order valence-electron chi connectivity index (χ1n) is 8.82. The van der Waals surface area contributed by atoms with Crippen LogP contribution in [0.1, 0.15) is 17.4 Å². The van der Waals surface area contributed by atoms with E-state index in [2.05, 4.69) is 15.3 Å². The van der Waals surface area contributed by atoms with E-state index in [9.17, 15) is 4.79 Å². The van der Waals surface area contributed by atoms with E-state index in [1.807, 2.05) is 80.5 Å². The topological polar surface area (TPSA) is 61.4 Å². The summed E-state index contributed by atoms with van der Waals surface area (Å²) in [5.41, 5.74) is 3.19. The van der Waals surface area contributed by atoms with Crippen molar-refractivity contribution in [2.24, 2.45) is 0 Å². The molecule has 6 nitrogen and oxygen atoms in total. The van der Waals surface area contributed by atoms with Gasteiger partial charge in [-0.3, -0.25) is 4.79 Å². The number of hydrogen-bond donors (Lipinski definition) is 1. The summed E-state index contributed by atoms with van der Waals surface area (Å²) in [6.07, 6.45) is 3.08. The molecule has 1 aromatic heterocycles. The molecule has 3 rings (SSSR count). The standard InChI is InChI=1S/C21H23N5O/c1-4-26(18-8-6-5-7-9-18)21(27)19-14-23-20(15-22-19)24-16-10-12-17(13-11-16)25(2)3/h5-15H,4H2,1-3H3,(H,23,24). The Balaban J connectivity index is 1.71. The number of nitrogens with zero attached hydrogens (tertiary/aromatic N) is 4. The Kier molecular flexibility index (Phi) is 5.66. The van der Waals surface area contributed by atoms with Crippen LogP contribution in [-0.4, -0.2) is 36.5 Å². The van der Waals surface area contributed by atoms with E-state index < -0.39 is 0 Å². The fourth-order valence-electron chi connectivity index (χ4n) is 2.68. The molecule has 1 amide bonds. The molecule has 0 fully saturated rings. The largest absolute Gasteiger partial charge is 0.378 e. The summed E-state index contributed by atoms with van der Waals surface area (Å²) in [5, 5.41) is 3.19. The fourth-order valence-corrected chi connectivity index (χ4v) is 2.68. The summed E-state index contributed by atoms with van der Waals surface area (Å²) in [5.74, 6) is 0.421. The van der Waals surface area contributed by atoms with Crippen molar-refractivity contribution in [1.29, 1.82) is 0 Å². The van der Waals surface area contributed by atoms with Crippen LogP contribution in [0, 0.1) is 0 Å². The maximum absolute atomic E-state index is 12.7. The normalized spacial score (nSPS) is 10.3. The molecule has 2 aromatic carbocycles. The maximum Gasteiger partial charge on any atom is 0.278 e. The van der Waals surface area contributed by atoms with Crippen LogP contribution in [0.4, 0.5) is 22.9 Å². The first-order valence-corrected chi connectivity index (χ1v) is 8.82. The van der Waals surface area contributed by atoms with Crippen molar-refractivity contribution in [1.82, 2.24) is 9.97 Å². The molecule has 1 heterocycles. The Labute approximate surface area is 159 Å². The van der Waals surface area contributed by atoms with E-state index in [4.69, 9.17) is 0 Å². The first kappa shape index (κ1) is 18.4. The van der Waals surface area contributed by atoms with E-state index in [-0.39, 0.29) is 5.91 Å². The molecule has 0 radical (unpaired) electrons. The van der Waals surface area contributed by atoms with Crippen LogP contribution in [0.5, 0.6) is 0 Å². The SMILES string of the molecule is CCN(C(=O)c1cnc(Nc2ccc(N(C)C)cc2)cn1)c1ccccc1. The third-order valence-electron chi connectivity index (χ3n) is 4.16. The lowest BCUT2D eigenvalue weighted by Crippen LogP contribution is -2.31. The van der Waals surface area contributed by atoms with Crippen LogP contribution in [0.15, 0.2) is 67.0 Å². The van der Waals surface area contributed by atoms with Crippen molar-refractivity contribution in [2.45, 2.75) is 6.92 Å². The van der Waals surface area contributed by atoms with Gasteiger partial charge in [0.05, 0.1) is 12.4 Å². The number of hydrogen-bond acceptors (Lipinski definition) is 5. The Morgan fingerprint density at radius 2 is 1.63 bits per heavy atom. The van der Waals surface area contributed by atoms with Gasteiger partial charge >= 0.3 is 0 Å². The molecule has 0 saturated heterocycles. The molecule has 0 unspecified atom stereocenters. The van der Waals surface area contributed by atoms with Crippen LogP contribution in [0.2, 0.25) is 0 Å². The van der Waals surface area contributed by atoms with Crippen molar-refractivity contribution >= 4 is 28.8 Å². The van der Waals surface area contributed by atoms with E-state index >= 15 is 0 Å². The van der Waals surface area contributed by atoms with E-state index in [1.54, 1.807) is 11.1 Å². The summed E-state index contributed by atoms with van der Waals surface area (Å²) in [7, 11) is 4.00. The van der Waals surface area contributed by atoms with Gasteiger partial charge < -0.3 is 15.1 Å². The lowest BCUT2D eigenvalue weighted by Gasteiger charge is -2.20. The van der Waals surface area contributed by atoms with Gasteiger partial charge in [-0.1, -0.05) is 18.2 Å². The Hall–Kier alpha value is -3.41. The van der Waals surface area contributed by atoms with E-state index in [0.717, 1.165) is 17.1 Å². The number of benzene rings is 2. The maximum atomic E-state index is 12.7. The van der Waals surface area contributed by atoms with Gasteiger partial charge in [0, 0.05) is 37.7 Å². The van der Waals surface area contributed by atoms with Crippen molar-refractivity contribution in [3.8, 4) is 0 Å². The molecule has 0 spiro atoms. The molecule has 6 heteroatoms. The summed E-state index contributed by atoms with van der Waals surface area (Å²) in [6, 6.07) is 17.5.